The van der Waals surface area contributed by atoms with Crippen molar-refractivity contribution in [3.05, 3.63) is 29.8 Å². The smallest absolute Gasteiger partial charge is 0.243 e. The Morgan fingerprint density at radius 1 is 1.05 bits per heavy atom. The minimum absolute atomic E-state index is 0.0479. The van der Waals surface area contributed by atoms with Crippen LogP contribution >= 0.6 is 0 Å². The van der Waals surface area contributed by atoms with E-state index >= 15 is 0 Å². The molecular formula is C16H28N2O2S. The van der Waals surface area contributed by atoms with Crippen LogP contribution in [-0.4, -0.2) is 32.4 Å². The number of hydrogen-bond acceptors (Lipinski definition) is 3. The molecule has 1 aromatic rings. The largest absolute Gasteiger partial charge is 0.313 e. The van der Waals surface area contributed by atoms with E-state index in [1.807, 2.05) is 53.8 Å². The molecule has 0 aliphatic carbocycles. The first-order valence-electron chi connectivity index (χ1n) is 7.49. The number of rotatable bonds is 7. The van der Waals surface area contributed by atoms with Gasteiger partial charge in [-0.3, -0.25) is 0 Å². The average molecular weight is 312 g/mol. The molecule has 0 saturated carbocycles. The van der Waals surface area contributed by atoms with Crippen molar-refractivity contribution in [3.63, 3.8) is 0 Å². The molecule has 0 spiro atoms. The van der Waals surface area contributed by atoms with E-state index in [1.54, 1.807) is 16.4 Å². The third-order valence-corrected chi connectivity index (χ3v) is 5.60. The Kier molecular flexibility index (Phi) is 6.38. The lowest BCUT2D eigenvalue weighted by atomic mass is 10.1. The second-order valence-corrected chi connectivity index (χ2v) is 8.03. The number of benzene rings is 1. The quantitative estimate of drug-likeness (QED) is 0.842. The Labute approximate surface area is 129 Å². The van der Waals surface area contributed by atoms with Gasteiger partial charge in [0.15, 0.2) is 0 Å². The highest BCUT2D eigenvalue weighted by molar-refractivity contribution is 7.89. The van der Waals surface area contributed by atoms with Crippen molar-refractivity contribution in [2.24, 2.45) is 5.92 Å². The fourth-order valence-corrected chi connectivity index (χ4v) is 3.98. The zero-order valence-electron chi connectivity index (χ0n) is 13.9. The monoisotopic (exact) mass is 312 g/mol. The first-order chi connectivity index (χ1) is 9.70. The first kappa shape index (κ1) is 18.1. The number of nitrogens with zero attached hydrogens (tertiary/aromatic N) is 1. The molecule has 1 rings (SSSR count). The van der Waals surface area contributed by atoms with Crippen molar-refractivity contribution >= 4 is 10.0 Å². The summed E-state index contributed by atoms with van der Waals surface area (Å²) in [5.74, 6) is 0.297. The van der Waals surface area contributed by atoms with Crippen molar-refractivity contribution in [1.82, 2.24) is 9.62 Å². The predicted molar refractivity (Wildman–Crippen MR) is 87.8 cm³/mol. The Bertz CT molecular complexity index is 536. The molecule has 0 amide bonds. The zero-order chi connectivity index (χ0) is 16.2. The van der Waals surface area contributed by atoms with E-state index in [-0.39, 0.29) is 12.1 Å². The highest BCUT2D eigenvalue weighted by Crippen LogP contribution is 2.22. The number of sulfonamides is 1. The van der Waals surface area contributed by atoms with Crippen molar-refractivity contribution in [2.45, 2.75) is 51.6 Å². The Hall–Kier alpha value is -0.910. The van der Waals surface area contributed by atoms with E-state index in [9.17, 15) is 8.42 Å². The van der Waals surface area contributed by atoms with Gasteiger partial charge in [0, 0.05) is 18.6 Å². The molecule has 0 aliphatic heterocycles. The second-order valence-electron chi connectivity index (χ2n) is 6.14. The van der Waals surface area contributed by atoms with Gasteiger partial charge in [-0.2, -0.15) is 4.31 Å². The van der Waals surface area contributed by atoms with Gasteiger partial charge < -0.3 is 5.32 Å². The summed E-state index contributed by atoms with van der Waals surface area (Å²) < 4.78 is 27.1. The molecule has 21 heavy (non-hydrogen) atoms. The molecule has 0 saturated heterocycles. The summed E-state index contributed by atoms with van der Waals surface area (Å²) in [6, 6.07) is 7.32. The SMILES string of the molecule is CNC(C)c1ccc(S(=O)(=O)N(CC(C)C)C(C)C)cc1. The van der Waals surface area contributed by atoms with Crippen LogP contribution in [0.25, 0.3) is 0 Å². The van der Waals surface area contributed by atoms with Crippen LogP contribution in [0.15, 0.2) is 29.2 Å². The first-order valence-corrected chi connectivity index (χ1v) is 8.93. The summed E-state index contributed by atoms with van der Waals surface area (Å²) >= 11 is 0. The van der Waals surface area contributed by atoms with Crippen LogP contribution in [0.5, 0.6) is 0 Å². The molecule has 0 fully saturated rings. The van der Waals surface area contributed by atoms with Gasteiger partial charge in [-0.1, -0.05) is 26.0 Å². The van der Waals surface area contributed by atoms with Crippen molar-refractivity contribution in [3.8, 4) is 0 Å². The molecule has 1 N–H and O–H groups in total. The molecule has 1 unspecified atom stereocenters. The Morgan fingerprint density at radius 3 is 1.95 bits per heavy atom. The molecule has 120 valence electrons. The maximum Gasteiger partial charge on any atom is 0.243 e. The zero-order valence-corrected chi connectivity index (χ0v) is 14.7. The van der Waals surface area contributed by atoms with Crippen LogP contribution in [0, 0.1) is 5.92 Å². The molecule has 0 bridgehead atoms. The van der Waals surface area contributed by atoms with E-state index in [0.717, 1.165) is 5.56 Å². The number of hydrogen-bond donors (Lipinski definition) is 1. The second kappa shape index (κ2) is 7.38. The molecule has 1 aromatic carbocycles. The summed E-state index contributed by atoms with van der Waals surface area (Å²) in [6.45, 7) is 10.5. The third-order valence-electron chi connectivity index (χ3n) is 3.54. The van der Waals surface area contributed by atoms with Gasteiger partial charge in [0.25, 0.3) is 0 Å². The van der Waals surface area contributed by atoms with Crippen LogP contribution in [-0.2, 0) is 10.0 Å². The highest BCUT2D eigenvalue weighted by Gasteiger charge is 2.27. The van der Waals surface area contributed by atoms with Gasteiger partial charge in [-0.15, -0.1) is 0 Å². The fraction of sp³-hybridized carbons (Fsp3) is 0.625. The summed E-state index contributed by atoms with van der Waals surface area (Å²) in [7, 11) is -1.54. The van der Waals surface area contributed by atoms with Gasteiger partial charge in [0.2, 0.25) is 10.0 Å². The van der Waals surface area contributed by atoms with Gasteiger partial charge in [0.05, 0.1) is 4.90 Å². The van der Waals surface area contributed by atoms with Crippen LogP contribution in [0.1, 0.15) is 46.2 Å². The van der Waals surface area contributed by atoms with Crippen molar-refractivity contribution in [1.29, 1.82) is 0 Å². The summed E-state index contributed by atoms with van der Waals surface area (Å²) in [4.78, 5) is 0.365. The van der Waals surface area contributed by atoms with Gasteiger partial charge in [0.1, 0.15) is 0 Å². The molecule has 1 atom stereocenters. The molecule has 5 heteroatoms. The van der Waals surface area contributed by atoms with Crippen LogP contribution < -0.4 is 5.32 Å². The van der Waals surface area contributed by atoms with E-state index in [4.69, 9.17) is 0 Å². The third kappa shape index (κ3) is 4.53. The van der Waals surface area contributed by atoms with E-state index < -0.39 is 10.0 Å². The van der Waals surface area contributed by atoms with Gasteiger partial charge in [-0.25, -0.2) is 8.42 Å². The minimum Gasteiger partial charge on any atom is -0.313 e. The van der Waals surface area contributed by atoms with Crippen molar-refractivity contribution in [2.75, 3.05) is 13.6 Å². The van der Waals surface area contributed by atoms with E-state index in [0.29, 0.717) is 17.4 Å². The number of nitrogens with one attached hydrogen (secondary N) is 1. The lowest BCUT2D eigenvalue weighted by molar-refractivity contribution is 0.319. The molecule has 4 nitrogen and oxygen atoms in total. The Morgan fingerprint density at radius 2 is 1.57 bits per heavy atom. The molecule has 0 heterocycles. The lowest BCUT2D eigenvalue weighted by Crippen LogP contribution is -2.39. The van der Waals surface area contributed by atoms with E-state index in [1.165, 1.54) is 0 Å². The molecule has 0 aromatic heterocycles. The van der Waals surface area contributed by atoms with E-state index in [2.05, 4.69) is 5.32 Å². The molecular weight excluding hydrogens is 284 g/mol. The normalized spacial score (nSPS) is 14.1. The molecule has 0 radical (unpaired) electrons. The van der Waals surface area contributed by atoms with Crippen LogP contribution in [0.2, 0.25) is 0 Å². The van der Waals surface area contributed by atoms with Crippen molar-refractivity contribution < 1.29 is 8.42 Å². The average Bonchev–Trinajstić information content (AvgIpc) is 2.43. The summed E-state index contributed by atoms with van der Waals surface area (Å²) in [6.07, 6.45) is 0. The summed E-state index contributed by atoms with van der Waals surface area (Å²) in [5, 5.41) is 3.15. The highest BCUT2D eigenvalue weighted by atomic mass is 32.2. The maximum absolute atomic E-state index is 12.8. The van der Waals surface area contributed by atoms with Gasteiger partial charge >= 0.3 is 0 Å². The Balaban J connectivity index is 3.11. The fourth-order valence-electron chi connectivity index (χ4n) is 2.18. The molecule has 0 aliphatic rings. The summed E-state index contributed by atoms with van der Waals surface area (Å²) in [5.41, 5.74) is 1.08. The minimum atomic E-state index is -3.43. The predicted octanol–water partition coefficient (Wildman–Crippen LogP) is 3.02. The standard InChI is InChI=1S/C16H28N2O2S/c1-12(2)11-18(13(3)4)21(19,20)16-9-7-15(8-10-16)14(5)17-6/h7-10,12-14,17H,11H2,1-6H3. The maximum atomic E-state index is 12.8. The van der Waals surface area contributed by atoms with Gasteiger partial charge in [-0.05, 0) is 51.4 Å². The van der Waals surface area contributed by atoms with Crippen LogP contribution in [0.4, 0.5) is 0 Å². The lowest BCUT2D eigenvalue weighted by Gasteiger charge is -2.27. The van der Waals surface area contributed by atoms with Crippen LogP contribution in [0.3, 0.4) is 0 Å². The topological polar surface area (TPSA) is 49.4 Å².